The number of carbonyl (C=O) groups is 1. The van der Waals surface area contributed by atoms with Crippen LogP contribution in [0.1, 0.15) is 34.8 Å². The summed E-state index contributed by atoms with van der Waals surface area (Å²) in [5.41, 5.74) is 4.04. The molecule has 3 aromatic rings. The Labute approximate surface area is 177 Å². The Bertz CT molecular complexity index is 1160. The minimum Gasteiger partial charge on any atom is -0.308 e. The molecule has 3 aromatic carbocycles. The summed E-state index contributed by atoms with van der Waals surface area (Å²) in [7, 11) is -3.67. The van der Waals surface area contributed by atoms with Gasteiger partial charge in [-0.15, -0.1) is 0 Å². The number of rotatable bonds is 5. The lowest BCUT2D eigenvalue weighted by molar-refractivity contribution is 0.0985. The van der Waals surface area contributed by atoms with Crippen molar-refractivity contribution in [3.05, 3.63) is 89.5 Å². The Morgan fingerprint density at radius 2 is 1.73 bits per heavy atom. The van der Waals surface area contributed by atoms with Gasteiger partial charge < -0.3 is 4.90 Å². The zero-order valence-corrected chi connectivity index (χ0v) is 17.7. The van der Waals surface area contributed by atoms with Crippen molar-refractivity contribution in [3.8, 4) is 0 Å². The van der Waals surface area contributed by atoms with Crippen molar-refractivity contribution in [3.63, 3.8) is 0 Å². The predicted molar refractivity (Wildman–Crippen MR) is 120 cm³/mol. The maximum Gasteiger partial charge on any atom is 0.261 e. The summed E-state index contributed by atoms with van der Waals surface area (Å²) in [5, 5.41) is 0. The highest BCUT2D eigenvalue weighted by molar-refractivity contribution is 7.92. The second-order valence-corrected chi connectivity index (χ2v) is 9.06. The summed E-state index contributed by atoms with van der Waals surface area (Å²) in [5.74, 6) is -0.0408. The van der Waals surface area contributed by atoms with Crippen molar-refractivity contribution in [1.82, 2.24) is 0 Å². The molecule has 1 amide bonds. The van der Waals surface area contributed by atoms with E-state index in [-0.39, 0.29) is 10.8 Å². The lowest BCUT2D eigenvalue weighted by Gasteiger charge is -2.30. The van der Waals surface area contributed by atoms with Crippen LogP contribution in [0.15, 0.2) is 77.7 Å². The first-order valence-electron chi connectivity index (χ1n) is 10.1. The van der Waals surface area contributed by atoms with Gasteiger partial charge in [-0.05, 0) is 72.9 Å². The van der Waals surface area contributed by atoms with Crippen LogP contribution >= 0.6 is 0 Å². The van der Waals surface area contributed by atoms with Gasteiger partial charge in [-0.2, -0.15) is 0 Å². The molecule has 30 heavy (non-hydrogen) atoms. The first kappa shape index (κ1) is 20.2. The third-order valence-corrected chi connectivity index (χ3v) is 6.76. The molecule has 0 aliphatic carbocycles. The lowest BCUT2D eigenvalue weighted by atomic mass is 10.00. The predicted octanol–water partition coefficient (Wildman–Crippen LogP) is 4.64. The van der Waals surface area contributed by atoms with Crippen LogP contribution in [0.25, 0.3) is 0 Å². The van der Waals surface area contributed by atoms with Crippen LogP contribution in [0.3, 0.4) is 0 Å². The Balaban J connectivity index is 1.58. The van der Waals surface area contributed by atoms with Crippen LogP contribution in [0.4, 0.5) is 11.4 Å². The van der Waals surface area contributed by atoms with Gasteiger partial charge in [-0.25, -0.2) is 8.42 Å². The molecular formula is C24H24N2O3S. The summed E-state index contributed by atoms with van der Waals surface area (Å²) >= 11 is 0. The fourth-order valence-corrected chi connectivity index (χ4v) is 4.78. The Morgan fingerprint density at radius 3 is 2.43 bits per heavy atom. The third-order valence-electron chi connectivity index (χ3n) is 5.36. The molecule has 0 fully saturated rings. The molecule has 1 N–H and O–H groups in total. The average molecular weight is 421 g/mol. The van der Waals surface area contributed by atoms with E-state index < -0.39 is 10.0 Å². The molecule has 0 aromatic heterocycles. The van der Waals surface area contributed by atoms with Gasteiger partial charge in [0.25, 0.3) is 15.9 Å². The van der Waals surface area contributed by atoms with Gasteiger partial charge in [0.05, 0.1) is 4.90 Å². The van der Waals surface area contributed by atoms with E-state index in [4.69, 9.17) is 0 Å². The van der Waals surface area contributed by atoms with Crippen molar-refractivity contribution in [2.24, 2.45) is 0 Å². The molecule has 0 radical (unpaired) electrons. The van der Waals surface area contributed by atoms with Gasteiger partial charge in [0.15, 0.2) is 0 Å². The summed E-state index contributed by atoms with van der Waals surface area (Å²) in [6, 6.07) is 21.5. The molecule has 1 aliphatic heterocycles. The van der Waals surface area contributed by atoms with Crippen molar-refractivity contribution < 1.29 is 13.2 Å². The number of aryl methyl sites for hydroxylation is 2. The van der Waals surface area contributed by atoms with E-state index in [2.05, 4.69) is 4.72 Å². The van der Waals surface area contributed by atoms with Gasteiger partial charge in [0.2, 0.25) is 0 Å². The molecule has 0 unspecified atom stereocenters. The molecular weight excluding hydrogens is 396 g/mol. The number of fused-ring (bicyclic) bond motifs is 1. The normalized spacial score (nSPS) is 13.6. The number of nitrogens with zero attached hydrogens (tertiary/aromatic N) is 1. The minimum absolute atomic E-state index is 0.0408. The van der Waals surface area contributed by atoms with Gasteiger partial charge in [0.1, 0.15) is 0 Å². The number of hydrogen-bond acceptors (Lipinski definition) is 3. The topological polar surface area (TPSA) is 66.5 Å². The summed E-state index contributed by atoms with van der Waals surface area (Å²) in [4.78, 5) is 14.9. The highest BCUT2D eigenvalue weighted by Gasteiger charge is 2.24. The van der Waals surface area contributed by atoms with Crippen LogP contribution in [-0.2, 0) is 22.9 Å². The Morgan fingerprint density at radius 1 is 1.00 bits per heavy atom. The zero-order valence-electron chi connectivity index (χ0n) is 16.8. The fourth-order valence-electron chi connectivity index (χ4n) is 3.73. The molecule has 0 spiro atoms. The number of carbonyl (C=O) groups excluding carboxylic acids is 1. The lowest BCUT2D eigenvalue weighted by Crippen LogP contribution is -2.35. The molecule has 0 saturated carbocycles. The second-order valence-electron chi connectivity index (χ2n) is 7.37. The maximum absolute atomic E-state index is 12.9. The van der Waals surface area contributed by atoms with Crippen molar-refractivity contribution >= 4 is 27.3 Å². The van der Waals surface area contributed by atoms with E-state index in [1.54, 1.807) is 23.1 Å². The standard InChI is InChI=1S/C24H24N2O3S/c1-2-18-10-13-22(14-11-18)30(28,29)25-21-12-15-23-20(17-21)9-6-16-26(23)24(27)19-7-4-3-5-8-19/h3-5,7-8,10-15,17,25H,2,6,9,16H2,1H3. The maximum atomic E-state index is 12.9. The van der Waals surface area contributed by atoms with Gasteiger partial charge in [0, 0.05) is 23.5 Å². The van der Waals surface area contributed by atoms with Crippen LogP contribution in [0.5, 0.6) is 0 Å². The summed E-state index contributed by atoms with van der Waals surface area (Å²) in [6.45, 7) is 2.68. The van der Waals surface area contributed by atoms with E-state index >= 15 is 0 Å². The van der Waals surface area contributed by atoms with Crippen molar-refractivity contribution in [2.75, 3.05) is 16.2 Å². The highest BCUT2D eigenvalue weighted by Crippen LogP contribution is 2.31. The molecule has 1 aliphatic rings. The highest BCUT2D eigenvalue weighted by atomic mass is 32.2. The smallest absolute Gasteiger partial charge is 0.261 e. The van der Waals surface area contributed by atoms with Crippen LogP contribution in [-0.4, -0.2) is 20.9 Å². The molecule has 4 rings (SSSR count). The molecule has 0 atom stereocenters. The number of nitrogens with one attached hydrogen (secondary N) is 1. The zero-order chi connectivity index (χ0) is 21.1. The number of benzene rings is 3. The largest absolute Gasteiger partial charge is 0.308 e. The van der Waals surface area contributed by atoms with Crippen LogP contribution in [0.2, 0.25) is 0 Å². The molecule has 1 heterocycles. The molecule has 6 heteroatoms. The summed E-state index contributed by atoms with van der Waals surface area (Å²) < 4.78 is 28.2. The van der Waals surface area contributed by atoms with Gasteiger partial charge >= 0.3 is 0 Å². The van der Waals surface area contributed by atoms with Gasteiger partial charge in [-0.3, -0.25) is 9.52 Å². The number of hydrogen-bond donors (Lipinski definition) is 1. The summed E-state index contributed by atoms with van der Waals surface area (Å²) in [6.07, 6.45) is 2.49. The number of anilines is 2. The molecule has 0 saturated heterocycles. The molecule has 154 valence electrons. The monoisotopic (exact) mass is 420 g/mol. The van der Waals surface area contributed by atoms with Crippen LogP contribution in [0, 0.1) is 0 Å². The quantitative estimate of drug-likeness (QED) is 0.654. The van der Waals surface area contributed by atoms with Crippen LogP contribution < -0.4 is 9.62 Å². The third kappa shape index (κ3) is 4.09. The Kier molecular flexibility index (Phi) is 5.59. The van der Waals surface area contributed by atoms with E-state index in [9.17, 15) is 13.2 Å². The first-order valence-corrected chi connectivity index (χ1v) is 11.6. The number of amides is 1. The SMILES string of the molecule is CCc1ccc(S(=O)(=O)Nc2ccc3c(c2)CCCN3C(=O)c2ccccc2)cc1. The van der Waals surface area contributed by atoms with E-state index in [0.717, 1.165) is 36.1 Å². The second kappa shape index (κ2) is 8.32. The van der Waals surface area contributed by atoms with Crippen molar-refractivity contribution in [1.29, 1.82) is 0 Å². The minimum atomic E-state index is -3.67. The number of sulfonamides is 1. The van der Waals surface area contributed by atoms with E-state index in [1.165, 1.54) is 0 Å². The van der Waals surface area contributed by atoms with Crippen molar-refractivity contribution in [2.45, 2.75) is 31.1 Å². The molecule has 0 bridgehead atoms. The first-order chi connectivity index (χ1) is 14.5. The fraction of sp³-hybridized carbons (Fsp3) is 0.208. The Hall–Kier alpha value is -3.12. The molecule has 5 nitrogen and oxygen atoms in total. The van der Waals surface area contributed by atoms with Gasteiger partial charge in [-0.1, -0.05) is 37.3 Å². The average Bonchev–Trinajstić information content (AvgIpc) is 2.78. The van der Waals surface area contributed by atoms with E-state index in [0.29, 0.717) is 17.8 Å². The van der Waals surface area contributed by atoms with E-state index in [1.807, 2.05) is 61.5 Å².